The van der Waals surface area contributed by atoms with Gasteiger partial charge in [-0.3, -0.25) is 4.79 Å². The Hall–Kier alpha value is -2.03. The van der Waals surface area contributed by atoms with Gasteiger partial charge < -0.3 is 14.6 Å². The largest absolute Gasteiger partial charge is 0.489 e. The van der Waals surface area contributed by atoms with Crippen molar-refractivity contribution in [2.45, 2.75) is 6.92 Å². The van der Waals surface area contributed by atoms with Gasteiger partial charge in [-0.1, -0.05) is 0 Å². The van der Waals surface area contributed by atoms with E-state index in [1.54, 1.807) is 18.9 Å². The molecular formula is C10H14N4O2. The molecule has 0 saturated heterocycles. The van der Waals surface area contributed by atoms with Gasteiger partial charge in [-0.2, -0.15) is 5.26 Å². The lowest BCUT2D eigenvalue weighted by Gasteiger charge is -2.20. The Morgan fingerprint density at radius 3 is 3.00 bits per heavy atom. The first-order valence-corrected chi connectivity index (χ1v) is 4.82. The van der Waals surface area contributed by atoms with Crippen molar-refractivity contribution in [3.8, 4) is 11.8 Å². The van der Waals surface area contributed by atoms with Gasteiger partial charge in [0.2, 0.25) is 5.75 Å². The molecule has 0 fully saturated rings. The zero-order valence-electron chi connectivity index (χ0n) is 9.52. The van der Waals surface area contributed by atoms with E-state index in [1.807, 2.05) is 0 Å². The lowest BCUT2D eigenvalue weighted by Crippen LogP contribution is -2.26. The van der Waals surface area contributed by atoms with Gasteiger partial charge in [0, 0.05) is 13.6 Å². The number of rotatable bonds is 4. The summed E-state index contributed by atoms with van der Waals surface area (Å²) in [6.07, 6.45) is 1.31. The van der Waals surface area contributed by atoms with Crippen molar-refractivity contribution in [2.75, 3.05) is 25.6 Å². The second-order valence-electron chi connectivity index (χ2n) is 3.50. The lowest BCUT2D eigenvalue weighted by molar-refractivity contribution is 0.405. The predicted molar refractivity (Wildman–Crippen MR) is 59.5 cm³/mol. The number of nitrogens with one attached hydrogen (secondary N) is 1. The molecule has 6 heteroatoms. The van der Waals surface area contributed by atoms with Gasteiger partial charge in [-0.05, 0) is 6.92 Å². The Balaban J connectivity index is 3.00. The van der Waals surface area contributed by atoms with E-state index >= 15 is 0 Å². The molecule has 1 aromatic heterocycles. The average Bonchev–Trinajstić information content (AvgIpc) is 2.28. The maximum atomic E-state index is 11.4. The van der Waals surface area contributed by atoms with Crippen molar-refractivity contribution in [2.24, 2.45) is 5.92 Å². The van der Waals surface area contributed by atoms with E-state index < -0.39 is 0 Å². The summed E-state index contributed by atoms with van der Waals surface area (Å²) in [4.78, 5) is 19.6. The quantitative estimate of drug-likeness (QED) is 0.796. The molecule has 1 rings (SSSR count). The van der Waals surface area contributed by atoms with Crippen LogP contribution in [-0.4, -0.2) is 30.7 Å². The maximum absolute atomic E-state index is 11.4. The average molecular weight is 222 g/mol. The molecule has 16 heavy (non-hydrogen) atoms. The molecule has 0 amide bonds. The van der Waals surface area contributed by atoms with Crippen molar-refractivity contribution in [3.63, 3.8) is 0 Å². The van der Waals surface area contributed by atoms with Crippen molar-refractivity contribution in [3.05, 3.63) is 16.7 Å². The molecule has 0 aliphatic heterocycles. The van der Waals surface area contributed by atoms with Crippen LogP contribution in [0.25, 0.3) is 0 Å². The summed E-state index contributed by atoms with van der Waals surface area (Å²) in [5.74, 6) is 0.458. The van der Waals surface area contributed by atoms with E-state index in [4.69, 9.17) is 10.00 Å². The van der Waals surface area contributed by atoms with E-state index in [9.17, 15) is 4.79 Å². The van der Waals surface area contributed by atoms with Gasteiger partial charge in [0.15, 0.2) is 5.82 Å². The summed E-state index contributed by atoms with van der Waals surface area (Å²) in [7, 11) is 3.18. The summed E-state index contributed by atoms with van der Waals surface area (Å²) in [6.45, 7) is 2.29. The molecule has 0 saturated carbocycles. The summed E-state index contributed by atoms with van der Waals surface area (Å²) in [6, 6.07) is 2.12. The monoisotopic (exact) mass is 222 g/mol. The van der Waals surface area contributed by atoms with Crippen molar-refractivity contribution < 1.29 is 4.74 Å². The number of hydrogen-bond acceptors (Lipinski definition) is 5. The highest BCUT2D eigenvalue weighted by atomic mass is 16.5. The van der Waals surface area contributed by atoms with E-state index in [2.05, 4.69) is 16.0 Å². The standard InChI is InChI=1S/C10H14N4O2/c1-7(4-11)5-14(2)9-8(16-3)10(15)13-6-12-9/h6-7H,5H2,1-3H3,(H,12,13,15). The highest BCUT2D eigenvalue weighted by molar-refractivity contribution is 5.50. The van der Waals surface area contributed by atoms with Gasteiger partial charge in [0.25, 0.3) is 5.56 Å². The van der Waals surface area contributed by atoms with Crippen LogP contribution in [0.1, 0.15) is 6.92 Å². The first-order valence-electron chi connectivity index (χ1n) is 4.82. The normalized spacial score (nSPS) is 11.6. The Morgan fingerprint density at radius 1 is 1.75 bits per heavy atom. The third kappa shape index (κ3) is 2.51. The van der Waals surface area contributed by atoms with Crippen LogP contribution in [0.4, 0.5) is 5.82 Å². The number of H-pyrrole nitrogens is 1. The second-order valence-corrected chi connectivity index (χ2v) is 3.50. The van der Waals surface area contributed by atoms with Crippen LogP contribution in [0, 0.1) is 17.2 Å². The Kier molecular flexibility index (Phi) is 3.89. The number of aromatic amines is 1. The molecule has 1 atom stereocenters. The van der Waals surface area contributed by atoms with Crippen molar-refractivity contribution in [1.82, 2.24) is 9.97 Å². The molecule has 1 unspecified atom stereocenters. The summed E-state index contributed by atoms with van der Waals surface area (Å²) < 4.78 is 4.98. The Bertz CT molecular complexity index is 449. The minimum Gasteiger partial charge on any atom is -0.489 e. The van der Waals surface area contributed by atoms with Crippen LogP contribution in [0.15, 0.2) is 11.1 Å². The van der Waals surface area contributed by atoms with Crippen molar-refractivity contribution in [1.29, 1.82) is 5.26 Å². The van der Waals surface area contributed by atoms with Crippen LogP contribution < -0.4 is 15.2 Å². The van der Waals surface area contributed by atoms with E-state index in [0.29, 0.717) is 12.4 Å². The Morgan fingerprint density at radius 2 is 2.44 bits per heavy atom. The van der Waals surface area contributed by atoms with E-state index in [-0.39, 0.29) is 17.2 Å². The highest BCUT2D eigenvalue weighted by Gasteiger charge is 2.15. The minimum atomic E-state index is -0.330. The van der Waals surface area contributed by atoms with Gasteiger partial charge in [0.05, 0.1) is 25.4 Å². The molecule has 1 heterocycles. The zero-order valence-corrected chi connectivity index (χ0v) is 9.52. The number of hydrogen-bond donors (Lipinski definition) is 1. The fraction of sp³-hybridized carbons (Fsp3) is 0.500. The number of nitrogens with zero attached hydrogens (tertiary/aromatic N) is 3. The smallest absolute Gasteiger partial charge is 0.295 e. The Labute approximate surface area is 93.5 Å². The molecule has 0 aliphatic rings. The molecule has 0 bridgehead atoms. The third-order valence-electron chi connectivity index (χ3n) is 2.13. The molecule has 0 spiro atoms. The topological polar surface area (TPSA) is 82.0 Å². The highest BCUT2D eigenvalue weighted by Crippen LogP contribution is 2.19. The minimum absolute atomic E-state index is 0.143. The molecule has 0 aliphatic carbocycles. The molecule has 86 valence electrons. The SMILES string of the molecule is COc1c(N(C)CC(C)C#N)nc[nH]c1=O. The number of anilines is 1. The number of methoxy groups -OCH3 is 1. The molecule has 1 N–H and O–H groups in total. The molecule has 0 radical (unpaired) electrons. The number of aromatic nitrogens is 2. The summed E-state index contributed by atoms with van der Waals surface area (Å²) in [5, 5.41) is 8.72. The van der Waals surface area contributed by atoms with E-state index in [1.165, 1.54) is 13.4 Å². The first kappa shape index (κ1) is 12.0. The molecule has 6 nitrogen and oxygen atoms in total. The van der Waals surface area contributed by atoms with Crippen LogP contribution in [-0.2, 0) is 0 Å². The third-order valence-corrected chi connectivity index (χ3v) is 2.13. The first-order chi connectivity index (χ1) is 7.60. The summed E-state index contributed by atoms with van der Waals surface area (Å²) in [5.41, 5.74) is -0.330. The van der Waals surface area contributed by atoms with Gasteiger partial charge in [-0.25, -0.2) is 4.98 Å². The number of nitriles is 1. The predicted octanol–water partition coefficient (Wildman–Crippen LogP) is 0.374. The molecule has 1 aromatic rings. The lowest BCUT2D eigenvalue weighted by atomic mass is 10.2. The fourth-order valence-corrected chi connectivity index (χ4v) is 1.37. The summed E-state index contributed by atoms with van der Waals surface area (Å²) >= 11 is 0. The maximum Gasteiger partial charge on any atom is 0.295 e. The van der Waals surface area contributed by atoms with Gasteiger partial charge in [0.1, 0.15) is 0 Å². The number of ether oxygens (including phenoxy) is 1. The fourth-order valence-electron chi connectivity index (χ4n) is 1.37. The van der Waals surface area contributed by atoms with Gasteiger partial charge >= 0.3 is 0 Å². The molecule has 0 aromatic carbocycles. The zero-order chi connectivity index (χ0) is 12.1. The van der Waals surface area contributed by atoms with Crippen LogP contribution in [0.3, 0.4) is 0 Å². The van der Waals surface area contributed by atoms with E-state index in [0.717, 1.165) is 0 Å². The van der Waals surface area contributed by atoms with Gasteiger partial charge in [-0.15, -0.1) is 0 Å². The van der Waals surface area contributed by atoms with Crippen LogP contribution >= 0.6 is 0 Å². The van der Waals surface area contributed by atoms with Crippen LogP contribution in [0.2, 0.25) is 0 Å². The van der Waals surface area contributed by atoms with Crippen molar-refractivity contribution >= 4 is 5.82 Å². The second kappa shape index (κ2) is 5.16. The molecular weight excluding hydrogens is 208 g/mol. The van der Waals surface area contributed by atoms with Crippen LogP contribution in [0.5, 0.6) is 5.75 Å².